The van der Waals surface area contributed by atoms with Crippen LogP contribution in [0.1, 0.15) is 51.1 Å². The van der Waals surface area contributed by atoms with E-state index in [1.807, 2.05) is 26.0 Å². The molecule has 0 aliphatic carbocycles. The molecule has 0 fully saturated rings. The van der Waals surface area contributed by atoms with Crippen LogP contribution >= 0.6 is 0 Å². The molecule has 0 aliphatic rings. The van der Waals surface area contributed by atoms with Gasteiger partial charge in [0.1, 0.15) is 5.82 Å². The number of aromatic nitrogens is 3. The van der Waals surface area contributed by atoms with Crippen molar-refractivity contribution in [1.82, 2.24) is 14.5 Å². The Balaban J connectivity index is 2.66. The fourth-order valence-corrected chi connectivity index (χ4v) is 2.95. The average molecular weight is 329 g/mol. The number of benzene rings is 1. The van der Waals surface area contributed by atoms with E-state index in [-0.39, 0.29) is 5.69 Å². The van der Waals surface area contributed by atoms with Crippen LogP contribution in [0, 0.1) is 0 Å². The molecule has 6 heteroatoms. The maximum atomic E-state index is 12.7. The van der Waals surface area contributed by atoms with E-state index in [1.165, 1.54) is 16.1 Å². The molecule has 2 aromatic rings. The SMILES string of the molecule is CCCN(N)c1nc(CC)n(-c2cccc(CC)c2CC)c(=O)n1. The largest absolute Gasteiger partial charge is 0.356 e. The van der Waals surface area contributed by atoms with Crippen molar-refractivity contribution in [2.24, 2.45) is 5.84 Å². The van der Waals surface area contributed by atoms with Crippen LogP contribution in [0.15, 0.2) is 23.0 Å². The second kappa shape index (κ2) is 8.06. The Morgan fingerprint density at radius 2 is 1.83 bits per heavy atom. The minimum absolute atomic E-state index is 0.291. The molecule has 0 bridgehead atoms. The van der Waals surface area contributed by atoms with Crippen molar-refractivity contribution in [1.29, 1.82) is 0 Å². The molecule has 0 unspecified atom stereocenters. The van der Waals surface area contributed by atoms with E-state index >= 15 is 0 Å². The lowest BCUT2D eigenvalue weighted by molar-refractivity contribution is 0.710. The van der Waals surface area contributed by atoms with Crippen LogP contribution in [-0.4, -0.2) is 21.1 Å². The van der Waals surface area contributed by atoms with Gasteiger partial charge in [-0.3, -0.25) is 5.01 Å². The number of hydrogen-bond donors (Lipinski definition) is 1. The molecule has 2 N–H and O–H groups in total. The van der Waals surface area contributed by atoms with Gasteiger partial charge in [0.2, 0.25) is 5.95 Å². The lowest BCUT2D eigenvalue weighted by Gasteiger charge is -2.20. The van der Waals surface area contributed by atoms with Crippen LogP contribution < -0.4 is 16.5 Å². The minimum Gasteiger partial charge on any atom is -0.279 e. The Morgan fingerprint density at radius 1 is 1.08 bits per heavy atom. The van der Waals surface area contributed by atoms with Gasteiger partial charge in [0, 0.05) is 13.0 Å². The first-order valence-corrected chi connectivity index (χ1v) is 8.70. The molecule has 0 saturated heterocycles. The molecule has 0 aliphatic heterocycles. The molecule has 0 spiro atoms. The maximum absolute atomic E-state index is 12.7. The summed E-state index contributed by atoms with van der Waals surface area (Å²) in [6.07, 6.45) is 3.28. The second-order valence-electron chi connectivity index (χ2n) is 5.73. The van der Waals surface area contributed by atoms with Crippen LogP contribution in [0.3, 0.4) is 0 Å². The summed E-state index contributed by atoms with van der Waals surface area (Å²) in [5.74, 6) is 6.92. The summed E-state index contributed by atoms with van der Waals surface area (Å²) in [6.45, 7) is 8.84. The van der Waals surface area contributed by atoms with Gasteiger partial charge < -0.3 is 0 Å². The summed E-state index contributed by atoms with van der Waals surface area (Å²) in [7, 11) is 0. The first kappa shape index (κ1) is 18.1. The quantitative estimate of drug-likeness (QED) is 0.623. The topological polar surface area (TPSA) is 77.0 Å². The smallest absolute Gasteiger partial charge is 0.279 e. The number of aryl methyl sites for hydroxylation is 2. The molecular weight excluding hydrogens is 302 g/mol. The van der Waals surface area contributed by atoms with Crippen LogP contribution in [0.4, 0.5) is 5.95 Å². The number of hydrazine groups is 1. The number of nitrogens with two attached hydrogens (primary N) is 1. The summed E-state index contributed by atoms with van der Waals surface area (Å²) >= 11 is 0. The van der Waals surface area contributed by atoms with Crippen LogP contribution in [-0.2, 0) is 19.3 Å². The third-order valence-electron chi connectivity index (χ3n) is 4.14. The Hall–Kier alpha value is -2.21. The monoisotopic (exact) mass is 329 g/mol. The van der Waals surface area contributed by atoms with Crippen LogP contribution in [0.2, 0.25) is 0 Å². The average Bonchev–Trinajstić information content (AvgIpc) is 2.60. The number of hydrogen-bond acceptors (Lipinski definition) is 5. The Labute approximate surface area is 143 Å². The summed E-state index contributed by atoms with van der Waals surface area (Å²) in [5, 5.41) is 1.44. The summed E-state index contributed by atoms with van der Waals surface area (Å²) in [6, 6.07) is 6.06. The van der Waals surface area contributed by atoms with Crippen molar-refractivity contribution >= 4 is 5.95 Å². The van der Waals surface area contributed by atoms with E-state index in [4.69, 9.17) is 5.84 Å². The third kappa shape index (κ3) is 3.48. The number of anilines is 1. The van der Waals surface area contributed by atoms with E-state index < -0.39 is 0 Å². The normalized spacial score (nSPS) is 10.9. The van der Waals surface area contributed by atoms with Gasteiger partial charge in [0.15, 0.2) is 0 Å². The minimum atomic E-state index is -0.327. The van der Waals surface area contributed by atoms with Crippen molar-refractivity contribution in [3.63, 3.8) is 0 Å². The lowest BCUT2D eigenvalue weighted by atomic mass is 10.0. The Bertz CT molecular complexity index is 754. The molecule has 6 nitrogen and oxygen atoms in total. The van der Waals surface area contributed by atoms with Gasteiger partial charge in [-0.15, -0.1) is 0 Å². The highest BCUT2D eigenvalue weighted by atomic mass is 16.1. The predicted molar refractivity (Wildman–Crippen MR) is 97.6 cm³/mol. The van der Waals surface area contributed by atoms with Gasteiger partial charge in [-0.1, -0.05) is 39.8 Å². The van der Waals surface area contributed by atoms with Gasteiger partial charge in [-0.25, -0.2) is 15.2 Å². The molecule has 1 aromatic carbocycles. The van der Waals surface area contributed by atoms with E-state index in [0.717, 1.165) is 24.9 Å². The fraction of sp³-hybridized carbons (Fsp3) is 0.500. The van der Waals surface area contributed by atoms with E-state index in [9.17, 15) is 4.79 Å². The lowest BCUT2D eigenvalue weighted by Crippen LogP contribution is -2.37. The highest BCUT2D eigenvalue weighted by molar-refractivity contribution is 5.47. The molecule has 130 valence electrons. The molecule has 0 saturated carbocycles. The van der Waals surface area contributed by atoms with Gasteiger partial charge >= 0.3 is 5.69 Å². The highest BCUT2D eigenvalue weighted by Crippen LogP contribution is 2.21. The van der Waals surface area contributed by atoms with Crippen LogP contribution in [0.25, 0.3) is 5.69 Å². The van der Waals surface area contributed by atoms with Crippen molar-refractivity contribution in [2.45, 2.75) is 53.4 Å². The van der Waals surface area contributed by atoms with Crippen molar-refractivity contribution in [3.05, 3.63) is 45.6 Å². The van der Waals surface area contributed by atoms with E-state index in [0.29, 0.717) is 24.7 Å². The van der Waals surface area contributed by atoms with Gasteiger partial charge in [-0.2, -0.15) is 9.97 Å². The molecule has 0 radical (unpaired) electrons. The van der Waals surface area contributed by atoms with Gasteiger partial charge in [0.05, 0.1) is 5.69 Å². The van der Waals surface area contributed by atoms with E-state index in [1.54, 1.807) is 4.57 Å². The summed E-state index contributed by atoms with van der Waals surface area (Å²) in [5.41, 5.74) is 2.97. The predicted octanol–water partition coefficient (Wildman–Crippen LogP) is 2.40. The number of nitrogens with zero attached hydrogens (tertiary/aromatic N) is 4. The number of rotatable bonds is 7. The van der Waals surface area contributed by atoms with Crippen LogP contribution in [0.5, 0.6) is 0 Å². The maximum Gasteiger partial charge on any atom is 0.356 e. The Morgan fingerprint density at radius 3 is 2.42 bits per heavy atom. The highest BCUT2D eigenvalue weighted by Gasteiger charge is 2.16. The second-order valence-corrected chi connectivity index (χ2v) is 5.73. The molecule has 0 atom stereocenters. The zero-order valence-electron chi connectivity index (χ0n) is 15.0. The molecule has 2 rings (SSSR count). The molecule has 0 amide bonds. The zero-order valence-corrected chi connectivity index (χ0v) is 15.0. The molecule has 1 aromatic heterocycles. The fourth-order valence-electron chi connectivity index (χ4n) is 2.95. The first-order valence-electron chi connectivity index (χ1n) is 8.70. The van der Waals surface area contributed by atoms with Crippen molar-refractivity contribution in [3.8, 4) is 5.69 Å². The summed E-state index contributed by atoms with van der Waals surface area (Å²) in [4.78, 5) is 21.4. The summed E-state index contributed by atoms with van der Waals surface area (Å²) < 4.78 is 1.63. The standard InChI is InChI=1S/C18H27N5O/c1-5-12-22(19)17-20-16(8-4)23(18(24)21-17)15-11-9-10-13(6-2)14(15)7-3/h9-11H,5-8,12,19H2,1-4H3. The molecular formula is C18H27N5O. The third-order valence-corrected chi connectivity index (χ3v) is 4.14. The van der Waals surface area contributed by atoms with Gasteiger partial charge in [-0.05, 0) is 36.5 Å². The molecule has 24 heavy (non-hydrogen) atoms. The molecule has 1 heterocycles. The van der Waals surface area contributed by atoms with Crippen molar-refractivity contribution < 1.29 is 0 Å². The van der Waals surface area contributed by atoms with E-state index in [2.05, 4.69) is 29.9 Å². The van der Waals surface area contributed by atoms with Gasteiger partial charge in [0.25, 0.3) is 0 Å². The van der Waals surface area contributed by atoms with Crippen molar-refractivity contribution in [2.75, 3.05) is 11.6 Å². The Kier molecular flexibility index (Phi) is 6.09. The first-order chi connectivity index (χ1) is 11.6. The zero-order chi connectivity index (χ0) is 17.7.